The zero-order valence-electron chi connectivity index (χ0n) is 11.6. The van der Waals surface area contributed by atoms with Crippen LogP contribution in [0.15, 0.2) is 21.7 Å². The van der Waals surface area contributed by atoms with Crippen LogP contribution in [0, 0.1) is 0 Å². The third kappa shape index (κ3) is 3.80. The Morgan fingerprint density at radius 3 is 3.00 bits per heavy atom. The number of thiophene rings is 1. The second-order valence-electron chi connectivity index (χ2n) is 4.71. The Kier molecular flexibility index (Phi) is 5.33. The van der Waals surface area contributed by atoms with Crippen LogP contribution in [0.25, 0.3) is 0 Å². The molecule has 0 radical (unpaired) electrons. The molecular weight excluding hydrogens is 316 g/mol. The van der Waals surface area contributed by atoms with Crippen molar-refractivity contribution in [3.05, 3.63) is 17.5 Å². The van der Waals surface area contributed by atoms with E-state index in [1.807, 2.05) is 0 Å². The minimum Gasteiger partial charge on any atom is -0.394 e. The number of hydrogen-bond acceptors (Lipinski definition) is 6. The summed E-state index contributed by atoms with van der Waals surface area (Å²) in [7, 11) is -2.24. The zero-order chi connectivity index (χ0) is 15.5. The van der Waals surface area contributed by atoms with Crippen LogP contribution >= 0.6 is 11.3 Å². The summed E-state index contributed by atoms with van der Waals surface area (Å²) in [4.78, 5) is 13.7. The van der Waals surface area contributed by atoms with E-state index in [2.05, 4.69) is 0 Å². The Balaban J connectivity index is 1.99. The number of carbonyl (C=O) groups excluding carboxylic acids is 1. The molecule has 1 aliphatic heterocycles. The van der Waals surface area contributed by atoms with E-state index in [4.69, 9.17) is 9.84 Å². The smallest absolute Gasteiger partial charge is 0.252 e. The fraction of sp³-hybridized carbons (Fsp3) is 0.583. The lowest BCUT2D eigenvalue weighted by atomic mass is 10.3. The number of amides is 1. The van der Waals surface area contributed by atoms with Gasteiger partial charge in [-0.1, -0.05) is 6.07 Å². The predicted octanol–water partition coefficient (Wildman–Crippen LogP) is -0.412. The van der Waals surface area contributed by atoms with Gasteiger partial charge in [0.2, 0.25) is 5.91 Å². The van der Waals surface area contributed by atoms with Crippen molar-refractivity contribution in [2.24, 2.45) is 0 Å². The van der Waals surface area contributed by atoms with Crippen LogP contribution in [0.1, 0.15) is 0 Å². The number of aliphatic hydroxyl groups is 1. The van der Waals surface area contributed by atoms with E-state index in [1.54, 1.807) is 11.4 Å². The largest absolute Gasteiger partial charge is 0.394 e. The molecule has 0 saturated carbocycles. The first-order chi connectivity index (χ1) is 9.95. The Morgan fingerprint density at radius 1 is 1.62 bits per heavy atom. The second-order valence-corrected chi connectivity index (χ2v) is 7.93. The van der Waals surface area contributed by atoms with E-state index in [1.165, 1.54) is 18.0 Å². The summed E-state index contributed by atoms with van der Waals surface area (Å²) in [6, 6.07) is 3.17. The van der Waals surface area contributed by atoms with E-state index >= 15 is 0 Å². The first kappa shape index (κ1) is 16.4. The number of carbonyl (C=O) groups is 1. The van der Waals surface area contributed by atoms with E-state index in [9.17, 15) is 13.2 Å². The highest BCUT2D eigenvalue weighted by molar-refractivity contribution is 7.91. The molecule has 1 saturated heterocycles. The highest BCUT2D eigenvalue weighted by Gasteiger charge is 2.28. The van der Waals surface area contributed by atoms with Crippen LogP contribution in [0.4, 0.5) is 0 Å². The average molecular weight is 334 g/mol. The number of likely N-dealkylation sites (N-methyl/N-ethyl adjacent to an activating group) is 1. The molecule has 1 aromatic rings. The maximum atomic E-state index is 12.2. The number of aliphatic hydroxyl groups excluding tert-OH is 1. The third-order valence-corrected chi connectivity index (χ3v) is 6.39. The second kappa shape index (κ2) is 6.84. The number of rotatable bonds is 5. The van der Waals surface area contributed by atoms with Gasteiger partial charge in [-0.3, -0.25) is 4.79 Å². The fourth-order valence-corrected chi connectivity index (χ4v) is 4.32. The molecule has 0 aliphatic carbocycles. The number of nitrogens with zero attached hydrogens (tertiary/aromatic N) is 2. The van der Waals surface area contributed by atoms with Crippen LogP contribution in [-0.2, 0) is 19.6 Å². The molecule has 2 heterocycles. The van der Waals surface area contributed by atoms with Crippen molar-refractivity contribution in [3.63, 3.8) is 0 Å². The number of hydrogen-bond donors (Lipinski definition) is 1. The van der Waals surface area contributed by atoms with Gasteiger partial charge in [0.15, 0.2) is 0 Å². The summed E-state index contributed by atoms with van der Waals surface area (Å²) >= 11 is 1.12. The lowest BCUT2D eigenvalue weighted by molar-refractivity contribution is -0.140. The van der Waals surface area contributed by atoms with Crippen LogP contribution in [0.3, 0.4) is 0 Å². The van der Waals surface area contributed by atoms with Crippen molar-refractivity contribution in [3.8, 4) is 0 Å². The van der Waals surface area contributed by atoms with Crippen molar-refractivity contribution in [1.82, 2.24) is 9.21 Å². The van der Waals surface area contributed by atoms with Gasteiger partial charge < -0.3 is 14.7 Å². The molecule has 1 aliphatic rings. The van der Waals surface area contributed by atoms with E-state index in [0.717, 1.165) is 15.6 Å². The van der Waals surface area contributed by atoms with E-state index in [-0.39, 0.29) is 29.8 Å². The molecule has 9 heteroatoms. The topological polar surface area (TPSA) is 87.2 Å². The molecule has 118 valence electrons. The predicted molar refractivity (Wildman–Crippen MR) is 77.5 cm³/mol. The summed E-state index contributed by atoms with van der Waals surface area (Å²) in [5, 5.41) is 10.7. The number of ether oxygens (including phenoxy) is 1. The van der Waals surface area contributed by atoms with Gasteiger partial charge in [-0.2, -0.15) is 4.31 Å². The average Bonchev–Trinajstić information content (AvgIpc) is 3.02. The first-order valence-electron chi connectivity index (χ1n) is 6.45. The molecule has 7 nitrogen and oxygen atoms in total. The molecule has 0 aromatic carbocycles. The molecule has 21 heavy (non-hydrogen) atoms. The summed E-state index contributed by atoms with van der Waals surface area (Å²) in [6.07, 6.45) is -0.401. The summed E-state index contributed by atoms with van der Waals surface area (Å²) in [5.74, 6) is -0.292. The Morgan fingerprint density at radius 2 is 2.38 bits per heavy atom. The van der Waals surface area contributed by atoms with Gasteiger partial charge in [0.05, 0.1) is 25.9 Å². The van der Waals surface area contributed by atoms with Gasteiger partial charge in [0.25, 0.3) is 10.0 Å². The van der Waals surface area contributed by atoms with Crippen molar-refractivity contribution >= 4 is 27.3 Å². The molecule has 1 aromatic heterocycles. The summed E-state index contributed by atoms with van der Waals surface area (Å²) < 4.78 is 31.0. The standard InChI is InChI=1S/C12H18N2O5S2/c1-13(21(17,18)12-3-2-6-20-12)8-11(16)14-4-5-19-10(7-14)9-15/h2-3,6,10,15H,4-5,7-9H2,1H3. The van der Waals surface area contributed by atoms with Gasteiger partial charge in [0.1, 0.15) is 4.21 Å². The molecule has 1 N–H and O–H groups in total. The van der Waals surface area contributed by atoms with Gasteiger partial charge in [-0.05, 0) is 11.4 Å². The SMILES string of the molecule is CN(CC(=O)N1CCOC(CO)C1)S(=O)(=O)c1cccs1. The molecule has 1 amide bonds. The Hall–Kier alpha value is -1.00. The van der Waals surface area contributed by atoms with Gasteiger partial charge in [-0.25, -0.2) is 8.42 Å². The monoisotopic (exact) mass is 334 g/mol. The maximum absolute atomic E-state index is 12.2. The van der Waals surface area contributed by atoms with E-state index < -0.39 is 16.1 Å². The van der Waals surface area contributed by atoms with Gasteiger partial charge in [-0.15, -0.1) is 11.3 Å². The summed E-state index contributed by atoms with van der Waals surface area (Å²) in [5.41, 5.74) is 0. The van der Waals surface area contributed by atoms with Crippen LogP contribution in [0.2, 0.25) is 0 Å². The molecule has 1 unspecified atom stereocenters. The minimum absolute atomic E-state index is 0.160. The Labute approximate surface area is 127 Å². The maximum Gasteiger partial charge on any atom is 0.252 e. The van der Waals surface area contributed by atoms with E-state index in [0.29, 0.717) is 13.2 Å². The third-order valence-electron chi connectivity index (χ3n) is 3.21. The van der Waals surface area contributed by atoms with Crippen molar-refractivity contribution in [2.45, 2.75) is 10.3 Å². The molecule has 1 fully saturated rings. The molecule has 1 atom stereocenters. The lowest BCUT2D eigenvalue weighted by Gasteiger charge is -2.32. The highest BCUT2D eigenvalue weighted by atomic mass is 32.2. The molecule has 2 rings (SSSR count). The normalized spacial score (nSPS) is 20.0. The lowest BCUT2D eigenvalue weighted by Crippen LogP contribution is -2.50. The number of sulfonamides is 1. The van der Waals surface area contributed by atoms with Gasteiger partial charge in [0, 0.05) is 20.1 Å². The van der Waals surface area contributed by atoms with Crippen molar-refractivity contribution in [1.29, 1.82) is 0 Å². The van der Waals surface area contributed by atoms with Crippen molar-refractivity contribution in [2.75, 3.05) is 39.9 Å². The van der Waals surface area contributed by atoms with Crippen LogP contribution in [0.5, 0.6) is 0 Å². The van der Waals surface area contributed by atoms with Crippen molar-refractivity contribution < 1.29 is 23.1 Å². The van der Waals surface area contributed by atoms with Crippen LogP contribution < -0.4 is 0 Å². The minimum atomic E-state index is -3.62. The molecular formula is C12H18N2O5S2. The number of morpholine rings is 1. The van der Waals surface area contributed by atoms with Gasteiger partial charge >= 0.3 is 0 Å². The quantitative estimate of drug-likeness (QED) is 0.791. The highest BCUT2D eigenvalue weighted by Crippen LogP contribution is 2.19. The summed E-state index contributed by atoms with van der Waals surface area (Å²) in [6.45, 7) is 0.647. The van der Waals surface area contributed by atoms with Crippen LogP contribution in [-0.4, -0.2) is 74.6 Å². The molecule has 0 bridgehead atoms. The molecule has 0 spiro atoms. The fourth-order valence-electron chi connectivity index (χ4n) is 2.00. The first-order valence-corrected chi connectivity index (χ1v) is 8.77. The Bertz CT molecular complexity index is 572. The zero-order valence-corrected chi connectivity index (χ0v) is 13.3.